The van der Waals surface area contributed by atoms with Crippen LogP contribution >= 0.6 is 0 Å². The first kappa shape index (κ1) is 12.5. The third-order valence-corrected chi connectivity index (χ3v) is 2.89. The molecule has 1 aromatic heterocycles. The molecule has 0 aliphatic carbocycles. The van der Waals surface area contributed by atoms with Crippen molar-refractivity contribution < 1.29 is 4.74 Å². The number of H-pyrrole nitrogens is 1. The molecule has 4 nitrogen and oxygen atoms in total. The Morgan fingerprint density at radius 2 is 1.89 bits per heavy atom. The normalized spacial score (nSPS) is 11.5. The highest BCUT2D eigenvalue weighted by Gasteiger charge is 2.23. The number of ether oxygens (including phenoxy) is 1. The Morgan fingerprint density at radius 3 is 2.50 bits per heavy atom. The van der Waals surface area contributed by atoms with Crippen LogP contribution in [0.4, 0.5) is 0 Å². The molecule has 0 radical (unpaired) electrons. The van der Waals surface area contributed by atoms with Crippen LogP contribution in [0.3, 0.4) is 0 Å². The summed E-state index contributed by atoms with van der Waals surface area (Å²) in [5, 5.41) is 0. The minimum Gasteiger partial charge on any atom is -0.371 e. The third-order valence-electron chi connectivity index (χ3n) is 2.89. The van der Waals surface area contributed by atoms with Gasteiger partial charge < -0.3 is 9.72 Å². The molecule has 0 amide bonds. The summed E-state index contributed by atoms with van der Waals surface area (Å²) in [5.74, 6) is 0.524. The maximum absolute atomic E-state index is 11.7. The van der Waals surface area contributed by atoms with Gasteiger partial charge in [0.2, 0.25) is 0 Å². The molecule has 0 atom stereocenters. The number of aromatic nitrogens is 2. The zero-order valence-corrected chi connectivity index (χ0v) is 10.7. The van der Waals surface area contributed by atoms with Crippen LogP contribution in [0.25, 0.3) is 11.3 Å². The van der Waals surface area contributed by atoms with Crippen LogP contribution in [0.15, 0.2) is 41.2 Å². The fourth-order valence-electron chi connectivity index (χ4n) is 1.60. The predicted octanol–water partition coefficient (Wildman–Crippen LogP) is 2.32. The molecule has 0 aliphatic heterocycles. The molecule has 0 saturated carbocycles. The zero-order chi connectivity index (χ0) is 13.2. The van der Waals surface area contributed by atoms with Crippen LogP contribution in [0, 0.1) is 0 Å². The van der Waals surface area contributed by atoms with Gasteiger partial charge in [-0.1, -0.05) is 30.3 Å². The van der Waals surface area contributed by atoms with E-state index < -0.39 is 5.60 Å². The zero-order valence-electron chi connectivity index (χ0n) is 10.7. The van der Waals surface area contributed by atoms with Gasteiger partial charge in [0.15, 0.2) is 0 Å². The summed E-state index contributed by atoms with van der Waals surface area (Å²) in [4.78, 5) is 18.9. The average Bonchev–Trinajstić information content (AvgIpc) is 2.39. The second kappa shape index (κ2) is 4.74. The second-order valence-electron chi connectivity index (χ2n) is 4.56. The van der Waals surface area contributed by atoms with Gasteiger partial charge in [-0.25, -0.2) is 4.98 Å². The molecular formula is C14H16N2O2. The number of rotatable bonds is 3. The summed E-state index contributed by atoms with van der Waals surface area (Å²) in [5.41, 5.74) is 0.768. The lowest BCUT2D eigenvalue weighted by molar-refractivity contribution is 0.0113. The van der Waals surface area contributed by atoms with Gasteiger partial charge in [0, 0.05) is 18.7 Å². The van der Waals surface area contributed by atoms with E-state index in [1.54, 1.807) is 7.11 Å². The van der Waals surface area contributed by atoms with Crippen LogP contribution in [-0.2, 0) is 10.3 Å². The predicted molar refractivity (Wildman–Crippen MR) is 70.3 cm³/mol. The highest BCUT2D eigenvalue weighted by molar-refractivity contribution is 5.58. The molecule has 0 unspecified atom stereocenters. The molecule has 2 rings (SSSR count). The Bertz CT molecular complexity index is 588. The van der Waals surface area contributed by atoms with E-state index >= 15 is 0 Å². The molecule has 0 bridgehead atoms. The molecule has 18 heavy (non-hydrogen) atoms. The summed E-state index contributed by atoms with van der Waals surface area (Å²) in [6.07, 6.45) is 0. The molecule has 1 N–H and O–H groups in total. The quantitative estimate of drug-likeness (QED) is 0.901. The summed E-state index contributed by atoms with van der Waals surface area (Å²) in [6.45, 7) is 3.72. The van der Waals surface area contributed by atoms with Crippen LogP contribution in [0.5, 0.6) is 0 Å². The van der Waals surface area contributed by atoms with E-state index in [0.717, 1.165) is 5.56 Å². The number of hydrogen-bond acceptors (Lipinski definition) is 3. The molecule has 0 fully saturated rings. The van der Waals surface area contributed by atoms with E-state index in [1.165, 1.54) is 6.07 Å². The Labute approximate surface area is 106 Å². The molecule has 2 aromatic rings. The lowest BCUT2D eigenvalue weighted by atomic mass is 10.1. The lowest BCUT2D eigenvalue weighted by Crippen LogP contribution is -2.26. The van der Waals surface area contributed by atoms with Gasteiger partial charge in [0.25, 0.3) is 5.56 Å². The van der Waals surface area contributed by atoms with Crippen molar-refractivity contribution in [1.82, 2.24) is 9.97 Å². The first-order valence-corrected chi connectivity index (χ1v) is 5.75. The molecule has 0 aliphatic rings. The van der Waals surface area contributed by atoms with E-state index in [4.69, 9.17) is 4.74 Å². The van der Waals surface area contributed by atoms with Crippen molar-refractivity contribution in [1.29, 1.82) is 0 Å². The van der Waals surface area contributed by atoms with Crippen LogP contribution < -0.4 is 5.56 Å². The fraction of sp³-hybridized carbons (Fsp3) is 0.286. The highest BCUT2D eigenvalue weighted by atomic mass is 16.5. The SMILES string of the molecule is COC(C)(C)c1nc(-c2ccccc2)cc(=O)[nH]1. The maximum Gasteiger partial charge on any atom is 0.251 e. The third kappa shape index (κ3) is 2.49. The molecule has 1 aromatic carbocycles. The van der Waals surface area contributed by atoms with Gasteiger partial charge in [-0.2, -0.15) is 0 Å². The van der Waals surface area contributed by atoms with Crippen molar-refractivity contribution >= 4 is 0 Å². The number of benzene rings is 1. The van der Waals surface area contributed by atoms with Crippen molar-refractivity contribution in [2.24, 2.45) is 0 Å². The van der Waals surface area contributed by atoms with Gasteiger partial charge in [-0.05, 0) is 13.8 Å². The number of nitrogens with zero attached hydrogens (tertiary/aromatic N) is 1. The Hall–Kier alpha value is -1.94. The van der Waals surface area contributed by atoms with E-state index in [9.17, 15) is 4.79 Å². The lowest BCUT2D eigenvalue weighted by Gasteiger charge is -2.21. The maximum atomic E-state index is 11.7. The smallest absolute Gasteiger partial charge is 0.251 e. The van der Waals surface area contributed by atoms with Gasteiger partial charge in [0.05, 0.1) is 5.69 Å². The van der Waals surface area contributed by atoms with Crippen molar-refractivity contribution in [3.05, 3.63) is 52.6 Å². The number of aromatic amines is 1. The van der Waals surface area contributed by atoms with Crippen molar-refractivity contribution in [2.45, 2.75) is 19.4 Å². The summed E-state index contributed by atoms with van der Waals surface area (Å²) in [7, 11) is 1.59. The van der Waals surface area contributed by atoms with Crippen molar-refractivity contribution in [3.8, 4) is 11.3 Å². The first-order valence-electron chi connectivity index (χ1n) is 5.75. The van der Waals surface area contributed by atoms with Crippen molar-refractivity contribution in [3.63, 3.8) is 0 Å². The van der Waals surface area contributed by atoms with E-state index in [-0.39, 0.29) is 5.56 Å². The van der Waals surface area contributed by atoms with E-state index in [2.05, 4.69) is 9.97 Å². The summed E-state index contributed by atoms with van der Waals surface area (Å²) >= 11 is 0. The highest BCUT2D eigenvalue weighted by Crippen LogP contribution is 2.21. The number of hydrogen-bond donors (Lipinski definition) is 1. The monoisotopic (exact) mass is 244 g/mol. The molecule has 1 heterocycles. The molecule has 0 saturated heterocycles. The topological polar surface area (TPSA) is 55.0 Å². The van der Waals surface area contributed by atoms with Crippen LogP contribution in [0.1, 0.15) is 19.7 Å². The molecule has 4 heteroatoms. The minimum atomic E-state index is -0.621. The Morgan fingerprint density at radius 1 is 1.22 bits per heavy atom. The second-order valence-corrected chi connectivity index (χ2v) is 4.56. The molecule has 94 valence electrons. The summed E-state index contributed by atoms with van der Waals surface area (Å²) < 4.78 is 5.34. The van der Waals surface area contributed by atoms with Crippen LogP contribution in [-0.4, -0.2) is 17.1 Å². The Balaban J connectivity index is 2.55. The molecule has 0 spiro atoms. The van der Waals surface area contributed by atoms with Gasteiger partial charge in [-0.15, -0.1) is 0 Å². The van der Waals surface area contributed by atoms with Gasteiger partial charge >= 0.3 is 0 Å². The largest absolute Gasteiger partial charge is 0.371 e. The minimum absolute atomic E-state index is 0.177. The standard InChI is InChI=1S/C14H16N2O2/c1-14(2,18-3)13-15-11(9-12(17)16-13)10-7-5-4-6-8-10/h4-9H,1-3H3,(H,15,16,17). The Kier molecular flexibility index (Phi) is 3.30. The number of methoxy groups -OCH3 is 1. The average molecular weight is 244 g/mol. The first-order chi connectivity index (χ1) is 8.53. The van der Waals surface area contributed by atoms with Gasteiger partial charge in [0.1, 0.15) is 11.4 Å². The van der Waals surface area contributed by atoms with Gasteiger partial charge in [-0.3, -0.25) is 4.79 Å². The molecular weight excluding hydrogens is 228 g/mol. The fourth-order valence-corrected chi connectivity index (χ4v) is 1.60. The number of nitrogens with one attached hydrogen (secondary N) is 1. The van der Waals surface area contributed by atoms with E-state index in [0.29, 0.717) is 11.5 Å². The summed E-state index contributed by atoms with van der Waals surface area (Å²) in [6, 6.07) is 11.1. The van der Waals surface area contributed by atoms with Crippen molar-refractivity contribution in [2.75, 3.05) is 7.11 Å². The van der Waals surface area contributed by atoms with E-state index in [1.807, 2.05) is 44.2 Å². The van der Waals surface area contributed by atoms with Crippen LogP contribution in [0.2, 0.25) is 0 Å².